The zero-order valence-corrected chi connectivity index (χ0v) is 17.3. The van der Waals surface area contributed by atoms with Crippen molar-refractivity contribution in [3.63, 3.8) is 0 Å². The van der Waals surface area contributed by atoms with E-state index in [0.717, 1.165) is 11.3 Å². The van der Waals surface area contributed by atoms with Gasteiger partial charge in [-0.15, -0.1) is 11.3 Å². The first-order chi connectivity index (χ1) is 13.4. The van der Waals surface area contributed by atoms with Crippen molar-refractivity contribution in [3.8, 4) is 10.6 Å². The molecular formula is C21H21ClN2O3S. The van der Waals surface area contributed by atoms with E-state index in [4.69, 9.17) is 16.3 Å². The Kier molecular flexibility index (Phi) is 6.65. The average molecular weight is 417 g/mol. The minimum Gasteiger partial charge on any atom is -0.452 e. The van der Waals surface area contributed by atoms with Gasteiger partial charge in [0, 0.05) is 11.9 Å². The summed E-state index contributed by atoms with van der Waals surface area (Å²) in [5, 5.41) is 3.44. The van der Waals surface area contributed by atoms with Gasteiger partial charge < -0.3 is 10.1 Å². The number of carbonyl (C=O) groups is 2. The van der Waals surface area contributed by atoms with Crippen molar-refractivity contribution in [2.75, 3.05) is 13.2 Å². The molecule has 1 amide bonds. The van der Waals surface area contributed by atoms with Crippen molar-refractivity contribution in [1.29, 1.82) is 0 Å². The first-order valence-electron chi connectivity index (χ1n) is 9.03. The van der Waals surface area contributed by atoms with Crippen LogP contribution in [-0.2, 0) is 9.53 Å². The normalized spacial score (nSPS) is 11.0. The molecule has 2 heterocycles. The summed E-state index contributed by atoms with van der Waals surface area (Å²) in [7, 11) is 0. The maximum absolute atomic E-state index is 12.7. The Morgan fingerprint density at radius 1 is 1.21 bits per heavy atom. The minimum absolute atomic E-state index is 0.308. The molecule has 0 aliphatic rings. The molecule has 0 saturated heterocycles. The van der Waals surface area contributed by atoms with E-state index in [1.165, 1.54) is 11.3 Å². The van der Waals surface area contributed by atoms with Crippen molar-refractivity contribution < 1.29 is 14.3 Å². The summed E-state index contributed by atoms with van der Waals surface area (Å²) >= 11 is 7.42. The lowest BCUT2D eigenvalue weighted by molar-refractivity contribution is -0.124. The van der Waals surface area contributed by atoms with Gasteiger partial charge in [-0.05, 0) is 36.6 Å². The summed E-state index contributed by atoms with van der Waals surface area (Å²) in [4.78, 5) is 30.1. The predicted molar refractivity (Wildman–Crippen MR) is 113 cm³/mol. The first-order valence-corrected chi connectivity index (χ1v) is 10.2. The van der Waals surface area contributed by atoms with E-state index >= 15 is 0 Å². The number of aromatic nitrogens is 1. The van der Waals surface area contributed by atoms with Gasteiger partial charge in [0.15, 0.2) is 6.61 Å². The Morgan fingerprint density at radius 3 is 2.71 bits per heavy atom. The Bertz CT molecular complexity index is 1000. The molecule has 1 N–H and O–H groups in total. The lowest BCUT2D eigenvalue weighted by Gasteiger charge is -2.10. The summed E-state index contributed by atoms with van der Waals surface area (Å²) in [6.07, 6.45) is 0.876. The van der Waals surface area contributed by atoms with Crippen LogP contribution < -0.4 is 5.32 Å². The van der Waals surface area contributed by atoms with E-state index in [2.05, 4.69) is 24.1 Å². The molecule has 0 spiro atoms. The second-order valence-corrected chi connectivity index (χ2v) is 8.50. The number of hydrogen-bond acceptors (Lipinski definition) is 5. The van der Waals surface area contributed by atoms with Crippen molar-refractivity contribution in [2.45, 2.75) is 20.3 Å². The lowest BCUT2D eigenvalue weighted by atomic mass is 10.1. The summed E-state index contributed by atoms with van der Waals surface area (Å²) in [6.45, 7) is 4.42. The third-order valence-corrected chi connectivity index (χ3v) is 5.39. The van der Waals surface area contributed by atoms with Crippen LogP contribution in [0, 0.1) is 5.92 Å². The quantitative estimate of drug-likeness (QED) is 0.554. The van der Waals surface area contributed by atoms with Gasteiger partial charge in [0.05, 0.1) is 26.0 Å². The van der Waals surface area contributed by atoms with Gasteiger partial charge in [0.25, 0.3) is 5.91 Å². The first kappa shape index (κ1) is 20.3. The molecule has 28 heavy (non-hydrogen) atoms. The molecule has 0 aliphatic heterocycles. The monoisotopic (exact) mass is 416 g/mol. The second-order valence-electron chi connectivity index (χ2n) is 6.78. The SMILES string of the molecule is CC(C)CCNC(=O)COC(=O)c1cc(-c2ccc(Cl)s2)nc2ccccc12. The molecule has 146 valence electrons. The van der Waals surface area contributed by atoms with E-state index < -0.39 is 5.97 Å². The Hall–Kier alpha value is -2.44. The van der Waals surface area contributed by atoms with E-state index in [1.807, 2.05) is 30.3 Å². The highest BCUT2D eigenvalue weighted by atomic mass is 35.5. The third kappa shape index (κ3) is 5.09. The minimum atomic E-state index is -0.554. The molecule has 3 aromatic rings. The van der Waals surface area contributed by atoms with E-state index in [0.29, 0.717) is 39.0 Å². The summed E-state index contributed by atoms with van der Waals surface area (Å²) in [6, 6.07) is 12.7. The van der Waals surface area contributed by atoms with E-state index in [9.17, 15) is 9.59 Å². The highest BCUT2D eigenvalue weighted by Gasteiger charge is 2.17. The van der Waals surface area contributed by atoms with Crippen molar-refractivity contribution in [1.82, 2.24) is 10.3 Å². The summed E-state index contributed by atoms with van der Waals surface area (Å²) < 4.78 is 5.90. The third-order valence-electron chi connectivity index (χ3n) is 4.14. The highest BCUT2D eigenvalue weighted by Crippen LogP contribution is 2.32. The van der Waals surface area contributed by atoms with Crippen LogP contribution >= 0.6 is 22.9 Å². The second kappa shape index (κ2) is 9.17. The number of ether oxygens (including phenoxy) is 1. The lowest BCUT2D eigenvalue weighted by Crippen LogP contribution is -2.30. The molecule has 7 heteroatoms. The zero-order chi connectivity index (χ0) is 20.1. The van der Waals surface area contributed by atoms with Crippen LogP contribution in [0.4, 0.5) is 0 Å². The number of carbonyl (C=O) groups excluding carboxylic acids is 2. The number of rotatable bonds is 7. The Labute approximate surface area is 172 Å². The topological polar surface area (TPSA) is 68.3 Å². The van der Waals surface area contributed by atoms with Gasteiger partial charge >= 0.3 is 5.97 Å². The summed E-state index contributed by atoms with van der Waals surface area (Å²) in [5.74, 6) is -0.366. The fourth-order valence-electron chi connectivity index (χ4n) is 2.68. The predicted octanol–water partition coefficient (Wildman–Crippen LogP) is 4.94. The molecule has 5 nitrogen and oxygen atoms in total. The standard InChI is InChI=1S/C21H21ClN2O3S/c1-13(2)9-10-23-20(25)12-27-21(26)15-11-17(18-7-8-19(22)28-18)24-16-6-4-3-5-14(15)16/h3-8,11,13H,9-10,12H2,1-2H3,(H,23,25). The average Bonchev–Trinajstić information content (AvgIpc) is 3.11. The number of thiophene rings is 1. The maximum atomic E-state index is 12.7. The van der Waals surface area contributed by atoms with Gasteiger partial charge in [-0.2, -0.15) is 0 Å². The number of fused-ring (bicyclic) bond motifs is 1. The number of pyridine rings is 1. The van der Waals surface area contributed by atoms with Gasteiger partial charge in [0.1, 0.15) is 0 Å². The highest BCUT2D eigenvalue weighted by molar-refractivity contribution is 7.19. The van der Waals surface area contributed by atoms with Crippen LogP contribution in [0.25, 0.3) is 21.5 Å². The maximum Gasteiger partial charge on any atom is 0.339 e. The van der Waals surface area contributed by atoms with Crippen molar-refractivity contribution >= 4 is 45.7 Å². The van der Waals surface area contributed by atoms with Crippen LogP contribution in [0.1, 0.15) is 30.6 Å². The fraction of sp³-hybridized carbons (Fsp3) is 0.286. The molecule has 0 saturated carbocycles. The number of benzene rings is 1. The number of esters is 1. The molecule has 1 aromatic carbocycles. The molecule has 0 bridgehead atoms. The molecule has 3 rings (SSSR count). The van der Waals surface area contributed by atoms with Gasteiger partial charge in [-0.25, -0.2) is 9.78 Å². The molecule has 0 unspecified atom stereocenters. The van der Waals surface area contributed by atoms with E-state index in [-0.39, 0.29) is 12.5 Å². The number of nitrogens with one attached hydrogen (secondary N) is 1. The number of halogens is 1. The van der Waals surface area contributed by atoms with Gasteiger partial charge in [-0.1, -0.05) is 43.6 Å². The van der Waals surface area contributed by atoms with Crippen molar-refractivity contribution in [3.05, 3.63) is 52.4 Å². The smallest absolute Gasteiger partial charge is 0.339 e. The summed E-state index contributed by atoms with van der Waals surface area (Å²) in [5.41, 5.74) is 1.70. The van der Waals surface area contributed by atoms with Gasteiger partial charge in [0.2, 0.25) is 0 Å². The van der Waals surface area contributed by atoms with Crippen LogP contribution in [0.3, 0.4) is 0 Å². The molecular weight excluding hydrogens is 396 g/mol. The molecule has 0 atom stereocenters. The molecule has 0 radical (unpaired) electrons. The fourth-order valence-corrected chi connectivity index (χ4v) is 3.69. The van der Waals surface area contributed by atoms with Crippen molar-refractivity contribution in [2.24, 2.45) is 5.92 Å². The zero-order valence-electron chi connectivity index (χ0n) is 15.7. The Balaban J connectivity index is 1.79. The van der Waals surface area contributed by atoms with Crippen LogP contribution in [0.2, 0.25) is 4.34 Å². The number of para-hydroxylation sites is 1. The van der Waals surface area contributed by atoms with E-state index in [1.54, 1.807) is 12.1 Å². The number of amides is 1. The van der Waals surface area contributed by atoms with Crippen LogP contribution in [-0.4, -0.2) is 30.0 Å². The number of nitrogens with zero attached hydrogens (tertiary/aromatic N) is 1. The van der Waals surface area contributed by atoms with Gasteiger partial charge in [-0.3, -0.25) is 4.79 Å². The molecule has 2 aromatic heterocycles. The largest absolute Gasteiger partial charge is 0.452 e. The number of hydrogen-bond donors (Lipinski definition) is 1. The van der Waals surface area contributed by atoms with Crippen LogP contribution in [0.5, 0.6) is 0 Å². The Morgan fingerprint density at radius 2 is 2.00 bits per heavy atom. The van der Waals surface area contributed by atoms with Crippen LogP contribution in [0.15, 0.2) is 42.5 Å². The molecule has 0 fully saturated rings. The molecule has 0 aliphatic carbocycles.